The van der Waals surface area contributed by atoms with Gasteiger partial charge in [-0.05, 0) is 36.4 Å². The van der Waals surface area contributed by atoms with Gasteiger partial charge in [0.15, 0.2) is 0 Å². The van der Waals surface area contributed by atoms with Gasteiger partial charge in [0.1, 0.15) is 5.82 Å². The molecule has 1 atom stereocenters. The van der Waals surface area contributed by atoms with E-state index in [1.807, 2.05) is 18.2 Å². The minimum absolute atomic E-state index is 0.328. The van der Waals surface area contributed by atoms with E-state index in [1.165, 1.54) is 24.3 Å². The molecule has 0 bridgehead atoms. The van der Waals surface area contributed by atoms with Crippen LogP contribution in [0.15, 0.2) is 63.9 Å². The molecule has 0 aromatic heterocycles. The quantitative estimate of drug-likeness (QED) is 0.799. The zero-order chi connectivity index (χ0) is 12.3. The topological polar surface area (TPSA) is 29.4 Å². The molecule has 2 nitrogen and oxygen atoms in total. The first-order valence-electron chi connectivity index (χ1n) is 5.11. The van der Waals surface area contributed by atoms with E-state index >= 15 is 0 Å². The maximum absolute atomic E-state index is 12.7. The SMILES string of the molecule is CS(=O)(=Nc1ccc(F)cc1)c1ccccc1. The smallest absolute Gasteiger partial charge is 0.123 e. The van der Waals surface area contributed by atoms with Crippen LogP contribution in [0.5, 0.6) is 0 Å². The van der Waals surface area contributed by atoms with E-state index in [9.17, 15) is 8.60 Å². The van der Waals surface area contributed by atoms with Crippen LogP contribution in [-0.2, 0) is 9.73 Å². The molecule has 0 heterocycles. The molecule has 0 saturated heterocycles. The van der Waals surface area contributed by atoms with E-state index in [0.29, 0.717) is 10.6 Å². The van der Waals surface area contributed by atoms with Gasteiger partial charge in [0.05, 0.1) is 15.4 Å². The zero-order valence-corrected chi connectivity index (χ0v) is 10.2. The van der Waals surface area contributed by atoms with Crippen molar-refractivity contribution in [1.29, 1.82) is 0 Å². The molecule has 0 amide bonds. The first kappa shape index (κ1) is 11.8. The Balaban J connectivity index is 2.46. The number of nitrogens with zero attached hydrogens (tertiary/aromatic N) is 1. The summed E-state index contributed by atoms with van der Waals surface area (Å²) in [7, 11) is -2.47. The van der Waals surface area contributed by atoms with Crippen molar-refractivity contribution in [2.75, 3.05) is 6.26 Å². The third kappa shape index (κ3) is 2.91. The fourth-order valence-corrected chi connectivity index (χ4v) is 2.72. The number of hydrogen-bond acceptors (Lipinski definition) is 2. The fourth-order valence-electron chi connectivity index (χ4n) is 1.43. The molecule has 2 aromatic carbocycles. The molecule has 2 aromatic rings. The number of halogens is 1. The zero-order valence-electron chi connectivity index (χ0n) is 9.34. The van der Waals surface area contributed by atoms with Crippen molar-refractivity contribution in [2.24, 2.45) is 4.36 Å². The lowest BCUT2D eigenvalue weighted by atomic mass is 10.3. The summed E-state index contributed by atoms with van der Waals surface area (Å²) >= 11 is 0. The Hall–Kier alpha value is -1.68. The number of benzene rings is 2. The van der Waals surface area contributed by atoms with Gasteiger partial charge in [0, 0.05) is 11.2 Å². The van der Waals surface area contributed by atoms with Crippen LogP contribution in [0.3, 0.4) is 0 Å². The summed E-state index contributed by atoms with van der Waals surface area (Å²) in [5, 5.41) is 0. The Morgan fingerprint density at radius 1 is 1.00 bits per heavy atom. The van der Waals surface area contributed by atoms with Crippen LogP contribution in [0.25, 0.3) is 0 Å². The molecule has 17 heavy (non-hydrogen) atoms. The Labute approximate surface area is 100 Å². The van der Waals surface area contributed by atoms with Crippen LogP contribution < -0.4 is 0 Å². The maximum Gasteiger partial charge on any atom is 0.123 e. The Kier molecular flexibility index (Phi) is 3.24. The van der Waals surface area contributed by atoms with E-state index < -0.39 is 9.73 Å². The van der Waals surface area contributed by atoms with Gasteiger partial charge in [-0.25, -0.2) is 8.60 Å². The van der Waals surface area contributed by atoms with Crippen molar-refractivity contribution in [3.8, 4) is 0 Å². The van der Waals surface area contributed by atoms with Gasteiger partial charge in [0.25, 0.3) is 0 Å². The van der Waals surface area contributed by atoms with Crippen molar-refractivity contribution >= 4 is 15.4 Å². The third-order valence-electron chi connectivity index (χ3n) is 2.29. The molecule has 2 rings (SSSR count). The van der Waals surface area contributed by atoms with Gasteiger partial charge in [-0.3, -0.25) is 0 Å². The summed E-state index contributed by atoms with van der Waals surface area (Å²) in [5.41, 5.74) is 0.516. The minimum atomic E-state index is -2.47. The van der Waals surface area contributed by atoms with Crippen LogP contribution in [0.4, 0.5) is 10.1 Å². The second-order valence-corrected chi connectivity index (χ2v) is 5.94. The number of rotatable bonds is 2. The summed E-state index contributed by atoms with van der Waals surface area (Å²) in [4.78, 5) is 0.671. The largest absolute Gasteiger partial charge is 0.245 e. The molecule has 0 aliphatic heterocycles. The predicted octanol–water partition coefficient (Wildman–Crippen LogP) is 3.61. The molecule has 0 spiro atoms. The van der Waals surface area contributed by atoms with Gasteiger partial charge in [-0.15, -0.1) is 0 Å². The van der Waals surface area contributed by atoms with Crippen molar-refractivity contribution in [3.63, 3.8) is 0 Å². The van der Waals surface area contributed by atoms with Crippen molar-refractivity contribution in [3.05, 3.63) is 60.4 Å². The second-order valence-electron chi connectivity index (χ2n) is 3.68. The average Bonchev–Trinajstić information content (AvgIpc) is 2.33. The van der Waals surface area contributed by atoms with E-state index in [1.54, 1.807) is 18.4 Å². The standard InChI is InChI=1S/C13H12FNOS/c1-17(16,13-5-3-2-4-6-13)15-12-9-7-11(14)8-10-12/h2-10H,1H3. The van der Waals surface area contributed by atoms with E-state index in [0.717, 1.165) is 0 Å². The first-order valence-corrected chi connectivity index (χ1v) is 7.03. The highest BCUT2D eigenvalue weighted by molar-refractivity contribution is 7.93. The lowest BCUT2D eigenvalue weighted by Gasteiger charge is -2.03. The first-order chi connectivity index (χ1) is 8.08. The summed E-state index contributed by atoms with van der Waals surface area (Å²) < 4.78 is 29.3. The molecule has 1 unspecified atom stereocenters. The van der Waals surface area contributed by atoms with Crippen LogP contribution in [0.1, 0.15) is 0 Å². The average molecular weight is 249 g/mol. The van der Waals surface area contributed by atoms with E-state index in [2.05, 4.69) is 4.36 Å². The van der Waals surface area contributed by atoms with Gasteiger partial charge in [-0.1, -0.05) is 18.2 Å². The molecule has 0 aliphatic rings. The molecule has 0 aliphatic carbocycles. The minimum Gasteiger partial charge on any atom is -0.245 e. The van der Waals surface area contributed by atoms with Gasteiger partial charge in [0.2, 0.25) is 0 Å². The van der Waals surface area contributed by atoms with Gasteiger partial charge >= 0.3 is 0 Å². The van der Waals surface area contributed by atoms with Crippen molar-refractivity contribution in [2.45, 2.75) is 4.90 Å². The molecule has 0 fully saturated rings. The monoisotopic (exact) mass is 249 g/mol. The third-order valence-corrected chi connectivity index (χ3v) is 3.99. The highest BCUT2D eigenvalue weighted by Crippen LogP contribution is 2.19. The lowest BCUT2D eigenvalue weighted by Crippen LogP contribution is -1.96. The van der Waals surface area contributed by atoms with Crippen molar-refractivity contribution in [1.82, 2.24) is 0 Å². The normalized spacial score (nSPS) is 14.0. The maximum atomic E-state index is 12.7. The molecule has 88 valence electrons. The molecular weight excluding hydrogens is 237 g/mol. The highest BCUT2D eigenvalue weighted by Gasteiger charge is 2.05. The Bertz CT molecular complexity index is 614. The number of hydrogen-bond donors (Lipinski definition) is 0. The predicted molar refractivity (Wildman–Crippen MR) is 67.3 cm³/mol. The highest BCUT2D eigenvalue weighted by atomic mass is 32.2. The summed E-state index contributed by atoms with van der Waals surface area (Å²) in [5.74, 6) is -0.328. The summed E-state index contributed by atoms with van der Waals surface area (Å²) in [6.45, 7) is 0. The molecule has 0 radical (unpaired) electrons. The molecule has 0 N–H and O–H groups in total. The van der Waals surface area contributed by atoms with E-state index in [-0.39, 0.29) is 5.82 Å². The van der Waals surface area contributed by atoms with Crippen LogP contribution in [0.2, 0.25) is 0 Å². The lowest BCUT2D eigenvalue weighted by molar-refractivity contribution is 0.628. The summed E-state index contributed by atoms with van der Waals surface area (Å²) in [6, 6.07) is 14.7. The fraction of sp³-hybridized carbons (Fsp3) is 0.0769. The Morgan fingerprint density at radius 2 is 1.59 bits per heavy atom. The van der Waals surface area contributed by atoms with Crippen LogP contribution in [0, 0.1) is 5.82 Å². The van der Waals surface area contributed by atoms with Crippen LogP contribution in [-0.4, -0.2) is 10.5 Å². The summed E-state index contributed by atoms with van der Waals surface area (Å²) in [6.07, 6.45) is 1.58. The van der Waals surface area contributed by atoms with Gasteiger partial charge < -0.3 is 0 Å². The van der Waals surface area contributed by atoms with E-state index in [4.69, 9.17) is 0 Å². The molecular formula is C13H12FNOS. The van der Waals surface area contributed by atoms with Crippen molar-refractivity contribution < 1.29 is 8.60 Å². The van der Waals surface area contributed by atoms with Gasteiger partial charge in [-0.2, -0.15) is 4.36 Å². The molecule has 4 heteroatoms. The molecule has 0 saturated carbocycles. The second kappa shape index (κ2) is 4.67. The Morgan fingerprint density at radius 3 is 2.18 bits per heavy atom. The van der Waals surface area contributed by atoms with Crippen LogP contribution >= 0.6 is 0 Å².